The van der Waals surface area contributed by atoms with Gasteiger partial charge < -0.3 is 14.5 Å². The lowest BCUT2D eigenvalue weighted by Crippen LogP contribution is -2.52. The highest BCUT2D eigenvalue weighted by Gasteiger charge is 2.27. The molecule has 1 aromatic carbocycles. The van der Waals surface area contributed by atoms with E-state index in [0.717, 1.165) is 57.8 Å². The highest BCUT2D eigenvalue weighted by Crippen LogP contribution is 2.32. The maximum absolute atomic E-state index is 11.0. The van der Waals surface area contributed by atoms with Crippen LogP contribution in [0, 0.1) is 10.1 Å². The molecule has 0 radical (unpaired) electrons. The molecule has 0 aromatic heterocycles. The number of hydrogen-bond acceptors (Lipinski definition) is 6. The van der Waals surface area contributed by atoms with Crippen molar-refractivity contribution in [3.63, 3.8) is 0 Å². The summed E-state index contributed by atoms with van der Waals surface area (Å²) in [6.07, 6.45) is 2.28. The largest absolute Gasteiger partial charge is 0.490 e. The fraction of sp³-hybridized carbons (Fsp3) is 0.684. The van der Waals surface area contributed by atoms with Gasteiger partial charge in [0.15, 0.2) is 5.75 Å². The van der Waals surface area contributed by atoms with E-state index in [2.05, 4.69) is 21.7 Å². The summed E-state index contributed by atoms with van der Waals surface area (Å²) in [5, 5.41) is 11.0. The fourth-order valence-electron chi connectivity index (χ4n) is 3.69. The third-order valence-corrected chi connectivity index (χ3v) is 5.24. The second kappa shape index (κ2) is 9.73. The summed E-state index contributed by atoms with van der Waals surface area (Å²) in [5.74, 6) is 0.332. The Morgan fingerprint density at radius 2 is 1.69 bits per heavy atom. The number of nitro benzene ring substituents is 1. The molecule has 0 amide bonds. The monoisotopic (exact) mass is 364 g/mol. The third-order valence-electron chi connectivity index (χ3n) is 5.24. The van der Waals surface area contributed by atoms with Crippen LogP contribution in [-0.4, -0.2) is 74.2 Å². The van der Waals surface area contributed by atoms with Crippen LogP contribution in [0.15, 0.2) is 18.2 Å². The highest BCUT2D eigenvalue weighted by molar-refractivity contribution is 5.59. The Bertz CT molecular complexity index is 580. The zero-order chi connectivity index (χ0) is 19.1. The normalized spacial score (nSPS) is 19.6. The lowest BCUT2D eigenvalue weighted by molar-refractivity contribution is -0.385. The third kappa shape index (κ3) is 4.86. The number of likely N-dealkylation sites (N-methyl/N-ethyl adjacent to an activating group) is 1. The average Bonchev–Trinajstić information content (AvgIpc) is 2.69. The van der Waals surface area contributed by atoms with Crippen molar-refractivity contribution < 1.29 is 9.66 Å². The lowest BCUT2D eigenvalue weighted by Gasteiger charge is -2.42. The van der Waals surface area contributed by atoms with Crippen molar-refractivity contribution in [2.24, 2.45) is 0 Å². The standard InChI is InChI=1S/C17H26N4O3.C2H6/c1-18-9-11-20(12-10-18)14-5-7-19(8-6-14)15-3-4-16(21(22)23)17(13-15)24-2;1-2/h3-4,13-14H,5-12H2,1-2H3;1-2H3. The summed E-state index contributed by atoms with van der Waals surface area (Å²) in [5.41, 5.74) is 1.03. The van der Waals surface area contributed by atoms with Gasteiger partial charge in [-0.25, -0.2) is 0 Å². The molecule has 0 N–H and O–H groups in total. The summed E-state index contributed by atoms with van der Waals surface area (Å²) < 4.78 is 5.18. The van der Waals surface area contributed by atoms with E-state index in [4.69, 9.17) is 4.74 Å². The second-order valence-corrected chi connectivity index (χ2v) is 6.67. The number of benzene rings is 1. The van der Waals surface area contributed by atoms with Crippen LogP contribution in [0.2, 0.25) is 0 Å². The molecule has 2 aliphatic rings. The van der Waals surface area contributed by atoms with Crippen LogP contribution >= 0.6 is 0 Å². The molecule has 2 saturated heterocycles. The van der Waals surface area contributed by atoms with Crippen molar-refractivity contribution >= 4 is 11.4 Å². The number of hydrogen-bond donors (Lipinski definition) is 0. The molecule has 3 rings (SSSR count). The lowest BCUT2D eigenvalue weighted by atomic mass is 10.0. The van der Waals surface area contributed by atoms with Gasteiger partial charge in [-0.15, -0.1) is 0 Å². The quantitative estimate of drug-likeness (QED) is 0.605. The van der Waals surface area contributed by atoms with Crippen LogP contribution in [0.4, 0.5) is 11.4 Å². The summed E-state index contributed by atoms with van der Waals surface area (Å²) in [6.45, 7) is 10.6. The number of ether oxygens (including phenoxy) is 1. The van der Waals surface area contributed by atoms with E-state index in [1.165, 1.54) is 7.11 Å². The van der Waals surface area contributed by atoms with Crippen molar-refractivity contribution in [3.8, 4) is 5.75 Å². The van der Waals surface area contributed by atoms with E-state index in [-0.39, 0.29) is 5.69 Å². The van der Waals surface area contributed by atoms with E-state index < -0.39 is 4.92 Å². The molecule has 1 aromatic rings. The zero-order valence-electron chi connectivity index (χ0n) is 16.5. The Morgan fingerprint density at radius 3 is 2.23 bits per heavy atom. The van der Waals surface area contributed by atoms with Gasteiger partial charge in [0.1, 0.15) is 0 Å². The smallest absolute Gasteiger partial charge is 0.311 e. The number of rotatable bonds is 4. The first-order valence-electron chi connectivity index (χ1n) is 9.58. The van der Waals surface area contributed by atoms with Gasteiger partial charge in [0, 0.05) is 63.1 Å². The number of nitrogens with zero attached hydrogens (tertiary/aromatic N) is 4. The minimum absolute atomic E-state index is 0.0218. The molecule has 2 heterocycles. The molecule has 7 nitrogen and oxygen atoms in total. The molecule has 7 heteroatoms. The SMILES string of the molecule is CC.COc1cc(N2CCC(N3CCN(C)CC3)CC2)ccc1[N+](=O)[O-]. The predicted octanol–water partition coefficient (Wildman–Crippen LogP) is 2.85. The molecule has 0 unspecified atom stereocenters. The Balaban J connectivity index is 0.00000117. The van der Waals surface area contributed by atoms with Crippen LogP contribution in [0.5, 0.6) is 5.75 Å². The molecular weight excluding hydrogens is 332 g/mol. The molecule has 0 bridgehead atoms. The van der Waals surface area contributed by atoms with E-state index in [1.54, 1.807) is 12.1 Å². The van der Waals surface area contributed by atoms with Crippen molar-refractivity contribution in [2.75, 3.05) is 58.3 Å². The Labute approximate surface area is 156 Å². The Hall–Kier alpha value is -1.86. The van der Waals surface area contributed by atoms with Crippen LogP contribution in [0.1, 0.15) is 26.7 Å². The first-order chi connectivity index (χ1) is 12.6. The number of nitro groups is 1. The van der Waals surface area contributed by atoms with E-state index >= 15 is 0 Å². The summed E-state index contributed by atoms with van der Waals surface area (Å²) in [4.78, 5) is 17.9. The van der Waals surface area contributed by atoms with Gasteiger partial charge in [-0.2, -0.15) is 0 Å². The molecular formula is C19H32N4O3. The average molecular weight is 364 g/mol. The molecule has 0 spiro atoms. The first-order valence-corrected chi connectivity index (χ1v) is 9.58. The Morgan fingerprint density at radius 1 is 1.08 bits per heavy atom. The van der Waals surface area contributed by atoms with Gasteiger partial charge in [-0.1, -0.05) is 13.8 Å². The van der Waals surface area contributed by atoms with E-state index in [9.17, 15) is 10.1 Å². The molecule has 146 valence electrons. The number of piperazine rings is 1. The zero-order valence-corrected chi connectivity index (χ0v) is 16.5. The molecule has 2 aliphatic heterocycles. The van der Waals surface area contributed by atoms with Crippen LogP contribution in [0.25, 0.3) is 0 Å². The van der Waals surface area contributed by atoms with E-state index in [0.29, 0.717) is 11.8 Å². The summed E-state index contributed by atoms with van der Waals surface area (Å²) in [7, 11) is 3.66. The molecule has 2 fully saturated rings. The van der Waals surface area contributed by atoms with Gasteiger partial charge in [0.25, 0.3) is 0 Å². The number of anilines is 1. The number of piperidine rings is 1. The van der Waals surface area contributed by atoms with Crippen molar-refractivity contribution in [2.45, 2.75) is 32.7 Å². The maximum Gasteiger partial charge on any atom is 0.311 e. The molecule has 0 atom stereocenters. The van der Waals surface area contributed by atoms with E-state index in [1.807, 2.05) is 19.9 Å². The molecule has 26 heavy (non-hydrogen) atoms. The number of methoxy groups -OCH3 is 1. The van der Waals surface area contributed by atoms with Crippen molar-refractivity contribution in [1.29, 1.82) is 0 Å². The first kappa shape index (κ1) is 20.5. The van der Waals surface area contributed by atoms with Crippen molar-refractivity contribution in [3.05, 3.63) is 28.3 Å². The van der Waals surface area contributed by atoms with Gasteiger partial charge in [0.05, 0.1) is 12.0 Å². The maximum atomic E-state index is 11.0. The van der Waals surface area contributed by atoms with Gasteiger partial charge in [-0.3, -0.25) is 15.0 Å². The van der Waals surface area contributed by atoms with Crippen LogP contribution in [-0.2, 0) is 0 Å². The minimum atomic E-state index is -0.401. The van der Waals surface area contributed by atoms with Gasteiger partial charge in [0.2, 0.25) is 0 Å². The van der Waals surface area contributed by atoms with Gasteiger partial charge in [-0.05, 0) is 26.0 Å². The Kier molecular flexibility index (Phi) is 7.66. The molecule has 0 aliphatic carbocycles. The fourth-order valence-corrected chi connectivity index (χ4v) is 3.69. The van der Waals surface area contributed by atoms with Crippen molar-refractivity contribution in [1.82, 2.24) is 9.80 Å². The van der Waals surface area contributed by atoms with Crippen LogP contribution in [0.3, 0.4) is 0 Å². The van der Waals surface area contributed by atoms with Gasteiger partial charge >= 0.3 is 5.69 Å². The second-order valence-electron chi connectivity index (χ2n) is 6.67. The summed E-state index contributed by atoms with van der Waals surface area (Å²) in [6, 6.07) is 5.82. The highest BCUT2D eigenvalue weighted by atomic mass is 16.6. The predicted molar refractivity (Wildman–Crippen MR) is 105 cm³/mol. The summed E-state index contributed by atoms with van der Waals surface area (Å²) >= 11 is 0. The minimum Gasteiger partial charge on any atom is -0.490 e. The topological polar surface area (TPSA) is 62.1 Å². The molecule has 0 saturated carbocycles. The van der Waals surface area contributed by atoms with Crippen LogP contribution < -0.4 is 9.64 Å².